The zero-order chi connectivity index (χ0) is 12.5. The molecular formula is C13H9FN4. The van der Waals surface area contributed by atoms with Gasteiger partial charge in [0.25, 0.3) is 0 Å². The second kappa shape index (κ2) is 4.08. The predicted molar refractivity (Wildman–Crippen MR) is 63.9 cm³/mol. The Hall–Kier alpha value is -2.48. The van der Waals surface area contributed by atoms with Crippen LogP contribution in [0.2, 0.25) is 0 Å². The maximum atomic E-state index is 13.3. The zero-order valence-corrected chi connectivity index (χ0v) is 9.47. The minimum atomic E-state index is -0.284. The first-order chi connectivity index (χ1) is 8.79. The van der Waals surface area contributed by atoms with Crippen LogP contribution in [0.4, 0.5) is 15.9 Å². The van der Waals surface area contributed by atoms with E-state index in [0.717, 1.165) is 17.7 Å². The lowest BCUT2D eigenvalue weighted by Gasteiger charge is -2.18. The van der Waals surface area contributed by atoms with Crippen molar-refractivity contribution < 1.29 is 4.39 Å². The van der Waals surface area contributed by atoms with E-state index in [1.807, 2.05) is 4.90 Å². The molecule has 88 valence electrons. The van der Waals surface area contributed by atoms with Crippen LogP contribution in [0.1, 0.15) is 11.1 Å². The van der Waals surface area contributed by atoms with Crippen molar-refractivity contribution >= 4 is 11.5 Å². The Balaban J connectivity index is 2.12. The van der Waals surface area contributed by atoms with Gasteiger partial charge >= 0.3 is 0 Å². The van der Waals surface area contributed by atoms with Crippen molar-refractivity contribution in [2.75, 3.05) is 11.4 Å². The Morgan fingerprint density at radius 3 is 3.11 bits per heavy atom. The molecule has 0 unspecified atom stereocenters. The van der Waals surface area contributed by atoms with E-state index in [-0.39, 0.29) is 5.82 Å². The molecule has 0 atom stereocenters. The summed E-state index contributed by atoms with van der Waals surface area (Å²) < 4.78 is 13.3. The Labute approximate surface area is 103 Å². The molecule has 0 saturated heterocycles. The van der Waals surface area contributed by atoms with Crippen LogP contribution in [-0.2, 0) is 6.42 Å². The molecule has 4 nitrogen and oxygen atoms in total. The largest absolute Gasteiger partial charge is 0.324 e. The monoisotopic (exact) mass is 240 g/mol. The van der Waals surface area contributed by atoms with Crippen molar-refractivity contribution in [1.82, 2.24) is 9.97 Å². The van der Waals surface area contributed by atoms with E-state index in [1.165, 1.54) is 24.7 Å². The van der Waals surface area contributed by atoms with E-state index in [0.29, 0.717) is 17.9 Å². The molecule has 3 rings (SSSR count). The fourth-order valence-corrected chi connectivity index (χ4v) is 2.19. The molecule has 18 heavy (non-hydrogen) atoms. The molecule has 1 aliphatic rings. The van der Waals surface area contributed by atoms with Gasteiger partial charge in [-0.25, -0.2) is 14.4 Å². The number of fused-ring (bicyclic) bond motifs is 1. The molecule has 1 aliphatic heterocycles. The van der Waals surface area contributed by atoms with Gasteiger partial charge in [-0.2, -0.15) is 5.26 Å². The van der Waals surface area contributed by atoms with Gasteiger partial charge in [-0.05, 0) is 24.1 Å². The van der Waals surface area contributed by atoms with Gasteiger partial charge in [0.1, 0.15) is 23.8 Å². The summed E-state index contributed by atoms with van der Waals surface area (Å²) in [5, 5.41) is 9.05. The molecule has 2 heterocycles. The summed E-state index contributed by atoms with van der Waals surface area (Å²) in [6.07, 6.45) is 3.69. The average molecular weight is 240 g/mol. The number of nitrogens with zero attached hydrogens (tertiary/aromatic N) is 4. The predicted octanol–water partition coefficient (Wildman–Crippen LogP) is 2.18. The number of hydrogen-bond acceptors (Lipinski definition) is 4. The highest BCUT2D eigenvalue weighted by molar-refractivity contribution is 5.70. The van der Waals surface area contributed by atoms with E-state index in [9.17, 15) is 4.39 Å². The molecule has 5 heteroatoms. The molecule has 0 amide bonds. The smallest absolute Gasteiger partial charge is 0.154 e. The normalized spacial score (nSPS) is 13.2. The second-order valence-electron chi connectivity index (χ2n) is 4.05. The maximum absolute atomic E-state index is 13.3. The number of rotatable bonds is 1. The lowest BCUT2D eigenvalue weighted by atomic mass is 10.1. The van der Waals surface area contributed by atoms with E-state index >= 15 is 0 Å². The minimum Gasteiger partial charge on any atom is -0.324 e. The molecule has 0 saturated carbocycles. The molecule has 1 aromatic heterocycles. The Kier molecular flexibility index (Phi) is 2.41. The average Bonchev–Trinajstić information content (AvgIpc) is 2.81. The van der Waals surface area contributed by atoms with Crippen molar-refractivity contribution in [2.45, 2.75) is 6.42 Å². The first-order valence-corrected chi connectivity index (χ1v) is 5.55. The first kappa shape index (κ1) is 10.7. The fourth-order valence-electron chi connectivity index (χ4n) is 2.19. The number of anilines is 2. The lowest BCUT2D eigenvalue weighted by Crippen LogP contribution is -2.16. The third kappa shape index (κ3) is 1.59. The summed E-state index contributed by atoms with van der Waals surface area (Å²) in [4.78, 5) is 9.82. The van der Waals surface area contributed by atoms with Crippen LogP contribution < -0.4 is 4.90 Å². The molecule has 0 radical (unpaired) electrons. The van der Waals surface area contributed by atoms with Gasteiger partial charge in [-0.3, -0.25) is 0 Å². The Bertz CT molecular complexity index is 648. The molecule has 1 aromatic carbocycles. The Morgan fingerprint density at radius 1 is 1.39 bits per heavy atom. The molecular weight excluding hydrogens is 231 g/mol. The van der Waals surface area contributed by atoms with Crippen LogP contribution in [0.25, 0.3) is 0 Å². The summed E-state index contributed by atoms with van der Waals surface area (Å²) in [5.74, 6) is 0.255. The highest BCUT2D eigenvalue weighted by atomic mass is 19.1. The van der Waals surface area contributed by atoms with Crippen LogP contribution in [0, 0.1) is 17.1 Å². The van der Waals surface area contributed by atoms with Crippen molar-refractivity contribution in [1.29, 1.82) is 5.26 Å². The van der Waals surface area contributed by atoms with E-state index in [4.69, 9.17) is 5.26 Å². The van der Waals surface area contributed by atoms with Crippen LogP contribution in [0.5, 0.6) is 0 Å². The van der Waals surface area contributed by atoms with Gasteiger partial charge in [0, 0.05) is 12.2 Å². The van der Waals surface area contributed by atoms with Crippen molar-refractivity contribution in [3.8, 4) is 6.07 Å². The topological polar surface area (TPSA) is 52.8 Å². The van der Waals surface area contributed by atoms with Gasteiger partial charge < -0.3 is 4.90 Å². The van der Waals surface area contributed by atoms with Crippen LogP contribution >= 0.6 is 0 Å². The number of hydrogen-bond donors (Lipinski definition) is 0. The van der Waals surface area contributed by atoms with Gasteiger partial charge in [-0.15, -0.1) is 0 Å². The van der Waals surface area contributed by atoms with Crippen molar-refractivity contribution in [3.63, 3.8) is 0 Å². The molecule has 2 aromatic rings. The molecule has 0 bridgehead atoms. The van der Waals surface area contributed by atoms with Crippen molar-refractivity contribution in [3.05, 3.63) is 47.7 Å². The van der Waals surface area contributed by atoms with E-state index in [2.05, 4.69) is 16.0 Å². The molecule has 0 fully saturated rings. The standard InChI is InChI=1S/C13H9FN4/c14-11-2-1-9-3-4-18(12(9)5-11)13-10(6-15)7-16-8-17-13/h1-2,5,7-8H,3-4H2. The number of aromatic nitrogens is 2. The summed E-state index contributed by atoms with van der Waals surface area (Å²) in [6, 6.07) is 6.76. The van der Waals surface area contributed by atoms with Gasteiger partial charge in [0.2, 0.25) is 0 Å². The quantitative estimate of drug-likeness (QED) is 0.766. The summed E-state index contributed by atoms with van der Waals surface area (Å²) in [5.41, 5.74) is 2.25. The second-order valence-corrected chi connectivity index (χ2v) is 4.05. The molecule has 0 spiro atoms. The van der Waals surface area contributed by atoms with E-state index < -0.39 is 0 Å². The summed E-state index contributed by atoms with van der Waals surface area (Å²) in [7, 11) is 0. The minimum absolute atomic E-state index is 0.284. The van der Waals surface area contributed by atoms with Crippen LogP contribution in [0.3, 0.4) is 0 Å². The highest BCUT2D eigenvalue weighted by Crippen LogP contribution is 2.34. The van der Waals surface area contributed by atoms with E-state index in [1.54, 1.807) is 6.07 Å². The summed E-state index contributed by atoms with van der Waals surface area (Å²) in [6.45, 7) is 0.699. The number of halogens is 1. The molecule has 0 N–H and O–H groups in total. The first-order valence-electron chi connectivity index (χ1n) is 5.55. The maximum Gasteiger partial charge on any atom is 0.154 e. The third-order valence-electron chi connectivity index (χ3n) is 3.01. The number of nitriles is 1. The van der Waals surface area contributed by atoms with Crippen molar-refractivity contribution in [2.24, 2.45) is 0 Å². The zero-order valence-electron chi connectivity index (χ0n) is 9.47. The van der Waals surface area contributed by atoms with Gasteiger partial charge in [0.15, 0.2) is 5.82 Å². The fraction of sp³-hybridized carbons (Fsp3) is 0.154. The van der Waals surface area contributed by atoms with Gasteiger partial charge in [0.05, 0.1) is 6.20 Å². The molecule has 0 aliphatic carbocycles. The lowest BCUT2D eigenvalue weighted by molar-refractivity contribution is 0.628. The van der Waals surface area contributed by atoms with Crippen LogP contribution in [0.15, 0.2) is 30.7 Å². The SMILES string of the molecule is N#Cc1cncnc1N1CCc2ccc(F)cc21. The Morgan fingerprint density at radius 2 is 2.28 bits per heavy atom. The third-order valence-corrected chi connectivity index (χ3v) is 3.01. The number of benzene rings is 1. The highest BCUT2D eigenvalue weighted by Gasteiger charge is 2.23. The van der Waals surface area contributed by atoms with Gasteiger partial charge in [-0.1, -0.05) is 6.07 Å². The summed E-state index contributed by atoms with van der Waals surface area (Å²) >= 11 is 0. The van der Waals surface area contributed by atoms with Crippen LogP contribution in [-0.4, -0.2) is 16.5 Å².